The van der Waals surface area contributed by atoms with Crippen LogP contribution in [0.2, 0.25) is 0 Å². The SMILES string of the molecule is CCCC(C(N)=O)n1ccc2ccccc21. The monoisotopic (exact) mass is 216 g/mol. The van der Waals surface area contributed by atoms with E-state index in [4.69, 9.17) is 5.73 Å². The van der Waals surface area contributed by atoms with Crippen LogP contribution in [-0.4, -0.2) is 10.5 Å². The second-order valence-corrected chi connectivity index (χ2v) is 3.99. The number of para-hydroxylation sites is 1. The van der Waals surface area contributed by atoms with Gasteiger partial charge in [0, 0.05) is 11.7 Å². The molecule has 2 aromatic rings. The first kappa shape index (κ1) is 10.7. The van der Waals surface area contributed by atoms with Gasteiger partial charge in [-0.25, -0.2) is 0 Å². The van der Waals surface area contributed by atoms with E-state index < -0.39 is 0 Å². The van der Waals surface area contributed by atoms with E-state index in [0.29, 0.717) is 0 Å². The van der Waals surface area contributed by atoms with Crippen LogP contribution in [0.3, 0.4) is 0 Å². The first-order valence-electron chi connectivity index (χ1n) is 5.59. The Morgan fingerprint density at radius 2 is 2.12 bits per heavy atom. The van der Waals surface area contributed by atoms with E-state index in [-0.39, 0.29) is 11.9 Å². The molecular formula is C13H16N2O. The minimum Gasteiger partial charge on any atom is -0.368 e. The van der Waals surface area contributed by atoms with Gasteiger partial charge >= 0.3 is 0 Å². The number of fused-ring (bicyclic) bond motifs is 1. The molecule has 2 rings (SSSR count). The third-order valence-corrected chi connectivity index (χ3v) is 2.86. The van der Waals surface area contributed by atoms with Gasteiger partial charge in [0.2, 0.25) is 5.91 Å². The van der Waals surface area contributed by atoms with Gasteiger partial charge in [-0.15, -0.1) is 0 Å². The standard InChI is InChI=1S/C13H16N2O/c1-2-5-12(13(14)16)15-9-8-10-6-3-4-7-11(10)15/h3-4,6-9,12H,2,5H2,1H3,(H2,14,16). The first-order valence-corrected chi connectivity index (χ1v) is 5.59. The van der Waals surface area contributed by atoms with Crippen molar-refractivity contribution in [3.8, 4) is 0 Å². The summed E-state index contributed by atoms with van der Waals surface area (Å²) in [5.41, 5.74) is 6.51. The van der Waals surface area contributed by atoms with E-state index in [1.807, 2.05) is 41.1 Å². The van der Waals surface area contributed by atoms with Crippen molar-refractivity contribution in [2.45, 2.75) is 25.8 Å². The number of benzene rings is 1. The Balaban J connectivity index is 2.48. The molecular weight excluding hydrogens is 200 g/mol. The van der Waals surface area contributed by atoms with E-state index >= 15 is 0 Å². The number of aromatic nitrogens is 1. The van der Waals surface area contributed by atoms with Gasteiger partial charge in [-0.1, -0.05) is 31.5 Å². The molecule has 0 aliphatic heterocycles. The summed E-state index contributed by atoms with van der Waals surface area (Å²) in [4.78, 5) is 11.4. The zero-order valence-electron chi connectivity index (χ0n) is 9.39. The molecule has 0 saturated heterocycles. The second kappa shape index (κ2) is 4.39. The van der Waals surface area contributed by atoms with Gasteiger partial charge in [-0.3, -0.25) is 4.79 Å². The average molecular weight is 216 g/mol. The molecule has 1 amide bonds. The highest BCUT2D eigenvalue weighted by Crippen LogP contribution is 2.22. The van der Waals surface area contributed by atoms with E-state index in [0.717, 1.165) is 23.7 Å². The molecule has 3 heteroatoms. The normalized spacial score (nSPS) is 12.8. The van der Waals surface area contributed by atoms with Crippen molar-refractivity contribution in [1.29, 1.82) is 0 Å². The summed E-state index contributed by atoms with van der Waals surface area (Å²) in [7, 11) is 0. The minimum atomic E-state index is -0.261. The van der Waals surface area contributed by atoms with Crippen molar-refractivity contribution < 1.29 is 4.79 Å². The molecule has 0 radical (unpaired) electrons. The Morgan fingerprint density at radius 1 is 1.38 bits per heavy atom. The number of primary amides is 1. The largest absolute Gasteiger partial charge is 0.368 e. The molecule has 84 valence electrons. The molecule has 1 atom stereocenters. The topological polar surface area (TPSA) is 48.0 Å². The summed E-state index contributed by atoms with van der Waals surface area (Å²) in [6, 6.07) is 9.80. The molecule has 0 saturated carbocycles. The lowest BCUT2D eigenvalue weighted by Crippen LogP contribution is -2.25. The predicted molar refractivity (Wildman–Crippen MR) is 65.1 cm³/mol. The predicted octanol–water partition coefficient (Wildman–Crippen LogP) is 2.47. The molecule has 0 fully saturated rings. The van der Waals surface area contributed by atoms with Gasteiger partial charge < -0.3 is 10.3 Å². The Hall–Kier alpha value is -1.77. The fraction of sp³-hybridized carbons (Fsp3) is 0.308. The molecule has 16 heavy (non-hydrogen) atoms. The summed E-state index contributed by atoms with van der Waals surface area (Å²) in [6.07, 6.45) is 3.67. The number of rotatable bonds is 4. The van der Waals surface area contributed by atoms with Crippen molar-refractivity contribution in [2.24, 2.45) is 5.73 Å². The number of nitrogens with two attached hydrogens (primary N) is 1. The maximum atomic E-state index is 11.4. The van der Waals surface area contributed by atoms with Crippen molar-refractivity contribution in [1.82, 2.24) is 4.57 Å². The quantitative estimate of drug-likeness (QED) is 0.838. The lowest BCUT2D eigenvalue weighted by atomic mass is 10.1. The Morgan fingerprint density at radius 3 is 2.81 bits per heavy atom. The van der Waals surface area contributed by atoms with Gasteiger partial charge in [-0.05, 0) is 23.9 Å². The smallest absolute Gasteiger partial charge is 0.240 e. The zero-order valence-corrected chi connectivity index (χ0v) is 9.39. The highest BCUT2D eigenvalue weighted by molar-refractivity contribution is 5.84. The molecule has 0 aliphatic carbocycles. The lowest BCUT2D eigenvalue weighted by Gasteiger charge is -2.15. The molecule has 0 spiro atoms. The summed E-state index contributed by atoms with van der Waals surface area (Å²) in [5.74, 6) is -0.261. The number of carbonyl (C=O) groups is 1. The number of carbonyl (C=O) groups excluding carboxylic acids is 1. The van der Waals surface area contributed by atoms with Crippen LogP contribution < -0.4 is 5.73 Å². The molecule has 2 N–H and O–H groups in total. The van der Waals surface area contributed by atoms with Crippen molar-refractivity contribution in [2.75, 3.05) is 0 Å². The van der Waals surface area contributed by atoms with Crippen LogP contribution in [0.15, 0.2) is 36.5 Å². The minimum absolute atomic E-state index is 0.232. The number of amides is 1. The summed E-state index contributed by atoms with van der Waals surface area (Å²) >= 11 is 0. The molecule has 1 heterocycles. The Kier molecular flexibility index (Phi) is 2.95. The van der Waals surface area contributed by atoms with E-state index in [2.05, 4.69) is 6.92 Å². The Bertz CT molecular complexity index is 501. The number of hydrogen-bond donors (Lipinski definition) is 1. The van der Waals surface area contributed by atoms with Gasteiger partial charge in [0.1, 0.15) is 6.04 Å². The highest BCUT2D eigenvalue weighted by atomic mass is 16.1. The van der Waals surface area contributed by atoms with Crippen LogP contribution in [0.25, 0.3) is 10.9 Å². The summed E-state index contributed by atoms with van der Waals surface area (Å²) in [6.45, 7) is 2.06. The molecule has 0 aliphatic rings. The zero-order chi connectivity index (χ0) is 11.5. The number of nitrogens with zero attached hydrogens (tertiary/aromatic N) is 1. The lowest BCUT2D eigenvalue weighted by molar-refractivity contribution is -0.121. The van der Waals surface area contributed by atoms with Crippen LogP contribution in [0.1, 0.15) is 25.8 Å². The van der Waals surface area contributed by atoms with Crippen molar-refractivity contribution >= 4 is 16.8 Å². The van der Waals surface area contributed by atoms with E-state index in [9.17, 15) is 4.79 Å². The van der Waals surface area contributed by atoms with E-state index in [1.54, 1.807) is 0 Å². The van der Waals surface area contributed by atoms with Gasteiger partial charge in [0.05, 0.1) is 0 Å². The van der Waals surface area contributed by atoms with Crippen LogP contribution in [0.5, 0.6) is 0 Å². The fourth-order valence-electron chi connectivity index (χ4n) is 2.07. The second-order valence-electron chi connectivity index (χ2n) is 3.99. The van der Waals surface area contributed by atoms with Crippen LogP contribution >= 0.6 is 0 Å². The average Bonchev–Trinajstić information content (AvgIpc) is 2.69. The third-order valence-electron chi connectivity index (χ3n) is 2.86. The molecule has 1 aromatic carbocycles. The molecule has 1 aromatic heterocycles. The maximum Gasteiger partial charge on any atom is 0.240 e. The maximum absolute atomic E-state index is 11.4. The van der Waals surface area contributed by atoms with Crippen molar-refractivity contribution in [3.05, 3.63) is 36.5 Å². The van der Waals surface area contributed by atoms with Gasteiger partial charge in [0.15, 0.2) is 0 Å². The van der Waals surface area contributed by atoms with Crippen LogP contribution in [-0.2, 0) is 4.79 Å². The third kappa shape index (κ3) is 1.81. The molecule has 0 bridgehead atoms. The number of hydrogen-bond acceptors (Lipinski definition) is 1. The first-order chi connectivity index (χ1) is 7.74. The summed E-state index contributed by atoms with van der Waals surface area (Å²) < 4.78 is 1.97. The van der Waals surface area contributed by atoms with Gasteiger partial charge in [-0.2, -0.15) is 0 Å². The Labute approximate surface area is 94.9 Å². The van der Waals surface area contributed by atoms with Crippen LogP contribution in [0.4, 0.5) is 0 Å². The van der Waals surface area contributed by atoms with Crippen LogP contribution in [0, 0.1) is 0 Å². The van der Waals surface area contributed by atoms with Gasteiger partial charge in [0.25, 0.3) is 0 Å². The molecule has 3 nitrogen and oxygen atoms in total. The fourth-order valence-corrected chi connectivity index (χ4v) is 2.07. The van der Waals surface area contributed by atoms with Crippen molar-refractivity contribution in [3.63, 3.8) is 0 Å². The molecule has 1 unspecified atom stereocenters. The summed E-state index contributed by atoms with van der Waals surface area (Å²) in [5, 5.41) is 1.14. The highest BCUT2D eigenvalue weighted by Gasteiger charge is 2.17. The van der Waals surface area contributed by atoms with E-state index in [1.165, 1.54) is 0 Å².